The van der Waals surface area contributed by atoms with Gasteiger partial charge in [-0.15, -0.1) is 0 Å². The van der Waals surface area contributed by atoms with Gasteiger partial charge in [0.2, 0.25) is 0 Å². The summed E-state index contributed by atoms with van der Waals surface area (Å²) in [5.41, 5.74) is 0.643. The Balaban J connectivity index is 1.69. The van der Waals surface area contributed by atoms with E-state index in [2.05, 4.69) is 27.4 Å². The highest BCUT2D eigenvalue weighted by molar-refractivity contribution is 5.90. The van der Waals surface area contributed by atoms with Gasteiger partial charge in [0, 0.05) is 5.57 Å². The number of hydrogen-bond donors (Lipinski definition) is 0. The highest BCUT2D eigenvalue weighted by Gasteiger charge is 2.60. The van der Waals surface area contributed by atoms with Crippen LogP contribution in [0.1, 0.15) is 47.0 Å². The van der Waals surface area contributed by atoms with E-state index in [0.29, 0.717) is 5.92 Å². The van der Waals surface area contributed by atoms with E-state index < -0.39 is 5.97 Å². The van der Waals surface area contributed by atoms with Crippen LogP contribution in [-0.2, 0) is 23.8 Å². The molecule has 0 radical (unpaired) electrons. The quantitative estimate of drug-likeness (QED) is 0.297. The first-order valence-electron chi connectivity index (χ1n) is 8.20. The smallest absolute Gasteiger partial charge is 0.333 e. The second-order valence-corrected chi connectivity index (χ2v) is 7.82. The van der Waals surface area contributed by atoms with Gasteiger partial charge in [-0.05, 0) is 42.9 Å². The van der Waals surface area contributed by atoms with Gasteiger partial charge in [0.05, 0.1) is 6.10 Å². The SMILES string of the molecule is C=C(C)C(=O)OCC(=O)COCOC1C2(C)CCC(C2)C1(C)C. The number of Topliss-reactive ketones (excluding diaryl/α,β-unsaturated/α-hetero) is 1. The summed E-state index contributed by atoms with van der Waals surface area (Å²) in [7, 11) is 0. The normalized spacial score (nSPS) is 31.1. The molecule has 0 aromatic heterocycles. The molecular weight excluding hydrogens is 296 g/mol. The first-order chi connectivity index (χ1) is 10.7. The number of rotatable bonds is 8. The Morgan fingerprint density at radius 2 is 1.91 bits per heavy atom. The number of esters is 1. The zero-order chi connectivity index (χ0) is 17.3. The molecule has 2 fully saturated rings. The molecule has 23 heavy (non-hydrogen) atoms. The van der Waals surface area contributed by atoms with Crippen molar-refractivity contribution in [3.8, 4) is 0 Å². The molecule has 2 aliphatic carbocycles. The molecule has 2 aliphatic rings. The molecule has 3 atom stereocenters. The van der Waals surface area contributed by atoms with Gasteiger partial charge in [0.25, 0.3) is 0 Å². The zero-order valence-corrected chi connectivity index (χ0v) is 14.6. The fraction of sp³-hybridized carbons (Fsp3) is 0.778. The van der Waals surface area contributed by atoms with Crippen LogP contribution in [0.4, 0.5) is 0 Å². The molecule has 0 aromatic rings. The van der Waals surface area contributed by atoms with Crippen molar-refractivity contribution in [3.05, 3.63) is 12.2 Å². The molecule has 0 aromatic carbocycles. The number of fused-ring (bicyclic) bond motifs is 2. The fourth-order valence-corrected chi connectivity index (χ4v) is 4.25. The second kappa shape index (κ2) is 6.73. The Bertz CT molecular complexity index is 491. The Labute approximate surface area is 138 Å². The fourth-order valence-electron chi connectivity index (χ4n) is 4.25. The largest absolute Gasteiger partial charge is 0.454 e. The molecular formula is C18H28O5. The van der Waals surface area contributed by atoms with Gasteiger partial charge in [0.1, 0.15) is 13.4 Å². The van der Waals surface area contributed by atoms with E-state index in [1.54, 1.807) is 0 Å². The van der Waals surface area contributed by atoms with Gasteiger partial charge in [-0.3, -0.25) is 4.79 Å². The minimum absolute atomic E-state index is 0.0938. The summed E-state index contributed by atoms with van der Waals surface area (Å²) in [6.07, 6.45) is 3.84. The molecule has 0 saturated heterocycles. The van der Waals surface area contributed by atoms with E-state index in [1.807, 2.05) is 0 Å². The van der Waals surface area contributed by atoms with Gasteiger partial charge in [-0.1, -0.05) is 27.4 Å². The van der Waals surface area contributed by atoms with Crippen molar-refractivity contribution >= 4 is 11.8 Å². The van der Waals surface area contributed by atoms with Crippen LogP contribution in [0.25, 0.3) is 0 Å². The van der Waals surface area contributed by atoms with E-state index in [-0.39, 0.29) is 48.3 Å². The lowest BCUT2D eigenvalue weighted by molar-refractivity contribution is -0.166. The molecule has 2 rings (SSSR count). The maximum absolute atomic E-state index is 11.6. The topological polar surface area (TPSA) is 61.8 Å². The molecule has 2 bridgehead atoms. The lowest BCUT2D eigenvalue weighted by Crippen LogP contribution is -2.42. The van der Waals surface area contributed by atoms with E-state index in [4.69, 9.17) is 14.2 Å². The highest BCUT2D eigenvalue weighted by Crippen LogP contribution is 2.63. The van der Waals surface area contributed by atoms with Crippen molar-refractivity contribution in [2.24, 2.45) is 16.7 Å². The lowest BCUT2D eigenvalue weighted by Gasteiger charge is -2.42. The van der Waals surface area contributed by atoms with Gasteiger partial charge < -0.3 is 14.2 Å². The summed E-state index contributed by atoms with van der Waals surface area (Å²) < 4.78 is 16.1. The standard InChI is InChI=1S/C18H28O5/c1-12(2)15(20)22-10-14(19)9-21-11-23-16-17(3,4)13-6-7-18(16,5)8-13/h13,16H,1,6-11H2,2-5H3. The third-order valence-corrected chi connectivity index (χ3v) is 5.43. The monoisotopic (exact) mass is 324 g/mol. The molecule has 0 heterocycles. The van der Waals surface area contributed by atoms with E-state index in [9.17, 15) is 9.59 Å². The Morgan fingerprint density at radius 3 is 2.48 bits per heavy atom. The van der Waals surface area contributed by atoms with Crippen molar-refractivity contribution in [1.82, 2.24) is 0 Å². The minimum atomic E-state index is -0.564. The number of carbonyl (C=O) groups excluding carboxylic acids is 2. The molecule has 0 amide bonds. The number of hydrogen-bond acceptors (Lipinski definition) is 5. The summed E-state index contributed by atoms with van der Waals surface area (Å²) in [6, 6.07) is 0. The highest BCUT2D eigenvalue weighted by atomic mass is 16.7. The molecule has 130 valence electrons. The molecule has 3 unspecified atom stereocenters. The van der Waals surface area contributed by atoms with Crippen LogP contribution in [0, 0.1) is 16.7 Å². The number of ether oxygens (including phenoxy) is 3. The van der Waals surface area contributed by atoms with Gasteiger partial charge >= 0.3 is 5.97 Å². The summed E-state index contributed by atoms with van der Waals surface area (Å²) >= 11 is 0. The van der Waals surface area contributed by atoms with E-state index in [1.165, 1.54) is 26.2 Å². The maximum Gasteiger partial charge on any atom is 0.333 e. The number of carbonyl (C=O) groups is 2. The van der Waals surface area contributed by atoms with Crippen molar-refractivity contribution in [1.29, 1.82) is 0 Å². The van der Waals surface area contributed by atoms with Crippen LogP contribution in [0.2, 0.25) is 0 Å². The van der Waals surface area contributed by atoms with Crippen LogP contribution in [0.3, 0.4) is 0 Å². The average Bonchev–Trinajstić information content (AvgIpc) is 2.94. The van der Waals surface area contributed by atoms with Crippen molar-refractivity contribution in [3.63, 3.8) is 0 Å². The van der Waals surface area contributed by atoms with Crippen molar-refractivity contribution in [2.75, 3.05) is 20.0 Å². The Kier molecular flexibility index (Phi) is 5.31. The summed E-state index contributed by atoms with van der Waals surface area (Å²) in [5, 5.41) is 0. The van der Waals surface area contributed by atoms with Gasteiger partial charge in [-0.25, -0.2) is 4.79 Å². The Morgan fingerprint density at radius 1 is 1.22 bits per heavy atom. The second-order valence-electron chi connectivity index (χ2n) is 7.82. The predicted octanol–water partition coefficient (Wildman–Crippen LogP) is 2.88. The van der Waals surface area contributed by atoms with Gasteiger partial charge in [0.15, 0.2) is 12.4 Å². The summed E-state index contributed by atoms with van der Waals surface area (Å²) in [4.78, 5) is 22.8. The molecule has 0 aliphatic heterocycles. The van der Waals surface area contributed by atoms with E-state index >= 15 is 0 Å². The first kappa shape index (κ1) is 18.1. The Hall–Kier alpha value is -1.20. The summed E-state index contributed by atoms with van der Waals surface area (Å²) in [5.74, 6) is -0.145. The van der Waals surface area contributed by atoms with Crippen LogP contribution in [0.15, 0.2) is 12.2 Å². The maximum atomic E-state index is 11.6. The van der Waals surface area contributed by atoms with Crippen LogP contribution >= 0.6 is 0 Å². The molecule has 0 N–H and O–H groups in total. The van der Waals surface area contributed by atoms with Crippen LogP contribution in [0.5, 0.6) is 0 Å². The first-order valence-corrected chi connectivity index (χ1v) is 8.20. The lowest BCUT2D eigenvalue weighted by atomic mass is 9.70. The van der Waals surface area contributed by atoms with E-state index in [0.717, 1.165) is 0 Å². The zero-order valence-electron chi connectivity index (χ0n) is 14.6. The van der Waals surface area contributed by atoms with Crippen molar-refractivity contribution < 1.29 is 23.8 Å². The summed E-state index contributed by atoms with van der Waals surface area (Å²) in [6.45, 7) is 11.5. The molecule has 5 heteroatoms. The molecule has 0 spiro atoms. The molecule has 5 nitrogen and oxygen atoms in total. The predicted molar refractivity (Wildman–Crippen MR) is 85.7 cm³/mol. The van der Waals surface area contributed by atoms with Crippen LogP contribution in [-0.4, -0.2) is 37.9 Å². The minimum Gasteiger partial charge on any atom is -0.454 e. The molecule has 2 saturated carbocycles. The third-order valence-electron chi connectivity index (χ3n) is 5.43. The van der Waals surface area contributed by atoms with Crippen molar-refractivity contribution in [2.45, 2.75) is 53.1 Å². The van der Waals surface area contributed by atoms with Crippen LogP contribution < -0.4 is 0 Å². The third kappa shape index (κ3) is 3.83. The average molecular weight is 324 g/mol. The number of ketones is 1. The van der Waals surface area contributed by atoms with Gasteiger partial charge in [-0.2, -0.15) is 0 Å².